The van der Waals surface area contributed by atoms with Crippen LogP contribution < -0.4 is 5.73 Å². The Morgan fingerprint density at radius 3 is 2.67 bits per heavy atom. The van der Waals surface area contributed by atoms with E-state index in [4.69, 9.17) is 5.73 Å². The van der Waals surface area contributed by atoms with Crippen LogP contribution in [0.2, 0.25) is 0 Å². The van der Waals surface area contributed by atoms with Gasteiger partial charge in [0.25, 0.3) is 0 Å². The van der Waals surface area contributed by atoms with E-state index in [0.717, 1.165) is 24.0 Å². The number of benzene rings is 1. The molecule has 2 heteroatoms. The summed E-state index contributed by atoms with van der Waals surface area (Å²) in [6, 6.07) is 5.89. The quantitative estimate of drug-likeness (QED) is 0.593. The van der Waals surface area contributed by atoms with Crippen LogP contribution in [0.25, 0.3) is 0 Å². The summed E-state index contributed by atoms with van der Waals surface area (Å²) in [7, 11) is 0. The number of hydrogen-bond acceptors (Lipinski definition) is 2. The molecule has 1 aromatic rings. The molecule has 0 saturated carbocycles. The lowest BCUT2D eigenvalue weighted by molar-refractivity contribution is 0.0979. The number of Topliss-reactive ketones (excluding diaryl/α,β-unsaturated/α-hetero) is 1. The number of carbonyl (C=O) groups is 1. The van der Waals surface area contributed by atoms with Crippen molar-refractivity contribution >= 4 is 5.78 Å². The second kappa shape index (κ2) is 5.66. The number of rotatable bonds is 5. The van der Waals surface area contributed by atoms with Crippen molar-refractivity contribution in [2.75, 3.05) is 6.54 Å². The zero-order valence-corrected chi connectivity index (χ0v) is 9.55. The fourth-order valence-corrected chi connectivity index (χ4v) is 1.62. The SMILES string of the molecule is Cc1cccc(C(=O)CCCCN)c1C. The molecule has 0 amide bonds. The first-order valence-corrected chi connectivity index (χ1v) is 5.46. The summed E-state index contributed by atoms with van der Waals surface area (Å²) in [5.41, 5.74) is 8.55. The highest BCUT2D eigenvalue weighted by molar-refractivity contribution is 5.97. The molecule has 1 aromatic carbocycles. The van der Waals surface area contributed by atoms with Gasteiger partial charge in [0.1, 0.15) is 0 Å². The Bertz CT molecular complexity index is 344. The van der Waals surface area contributed by atoms with Gasteiger partial charge in [0.15, 0.2) is 5.78 Å². The fraction of sp³-hybridized carbons (Fsp3) is 0.462. The lowest BCUT2D eigenvalue weighted by Gasteiger charge is -2.07. The molecular weight excluding hydrogens is 186 g/mol. The number of ketones is 1. The average Bonchev–Trinajstić information content (AvgIpc) is 2.22. The molecule has 2 nitrogen and oxygen atoms in total. The molecule has 0 unspecified atom stereocenters. The number of hydrogen-bond donors (Lipinski definition) is 1. The van der Waals surface area contributed by atoms with Crippen LogP contribution in [0.3, 0.4) is 0 Å². The van der Waals surface area contributed by atoms with Crippen LogP contribution in [0.5, 0.6) is 0 Å². The molecule has 1 rings (SSSR count). The third-order valence-corrected chi connectivity index (χ3v) is 2.76. The second-order valence-corrected chi connectivity index (χ2v) is 3.92. The molecule has 82 valence electrons. The molecule has 2 N–H and O–H groups in total. The van der Waals surface area contributed by atoms with Crippen LogP contribution in [-0.4, -0.2) is 12.3 Å². The lowest BCUT2D eigenvalue weighted by atomic mass is 9.97. The van der Waals surface area contributed by atoms with Crippen molar-refractivity contribution in [1.29, 1.82) is 0 Å². The summed E-state index contributed by atoms with van der Waals surface area (Å²) in [5.74, 6) is 0.240. The Morgan fingerprint density at radius 2 is 2.00 bits per heavy atom. The monoisotopic (exact) mass is 205 g/mol. The van der Waals surface area contributed by atoms with E-state index >= 15 is 0 Å². The Hall–Kier alpha value is -1.15. The predicted molar refractivity (Wildman–Crippen MR) is 63.2 cm³/mol. The van der Waals surface area contributed by atoms with Gasteiger partial charge in [-0.2, -0.15) is 0 Å². The largest absolute Gasteiger partial charge is 0.330 e. The number of unbranched alkanes of at least 4 members (excludes halogenated alkanes) is 1. The molecule has 0 saturated heterocycles. The summed E-state index contributed by atoms with van der Waals surface area (Å²) >= 11 is 0. The summed E-state index contributed by atoms with van der Waals surface area (Å²) < 4.78 is 0. The van der Waals surface area contributed by atoms with Gasteiger partial charge in [-0.05, 0) is 44.4 Å². The van der Waals surface area contributed by atoms with Crippen molar-refractivity contribution in [2.45, 2.75) is 33.1 Å². The maximum absolute atomic E-state index is 11.9. The van der Waals surface area contributed by atoms with Gasteiger partial charge < -0.3 is 5.73 Å². The van der Waals surface area contributed by atoms with Crippen LogP contribution in [0.1, 0.15) is 40.7 Å². The van der Waals surface area contributed by atoms with E-state index in [1.54, 1.807) is 0 Å². The Morgan fingerprint density at radius 1 is 1.27 bits per heavy atom. The highest BCUT2D eigenvalue weighted by atomic mass is 16.1. The standard InChI is InChI=1S/C13H19NO/c1-10-6-5-7-12(11(10)2)13(15)8-3-4-9-14/h5-7H,3-4,8-9,14H2,1-2H3. The van der Waals surface area contributed by atoms with Crippen molar-refractivity contribution in [3.8, 4) is 0 Å². The van der Waals surface area contributed by atoms with Gasteiger partial charge >= 0.3 is 0 Å². The number of nitrogens with two attached hydrogens (primary N) is 1. The maximum Gasteiger partial charge on any atom is 0.163 e. The van der Waals surface area contributed by atoms with Crippen LogP contribution in [0.4, 0.5) is 0 Å². The van der Waals surface area contributed by atoms with E-state index < -0.39 is 0 Å². The first-order chi connectivity index (χ1) is 7.16. The van der Waals surface area contributed by atoms with Gasteiger partial charge in [-0.15, -0.1) is 0 Å². The van der Waals surface area contributed by atoms with E-state index in [0.29, 0.717) is 13.0 Å². The van der Waals surface area contributed by atoms with Gasteiger partial charge in [0.05, 0.1) is 0 Å². The molecule has 0 aliphatic carbocycles. The summed E-state index contributed by atoms with van der Waals surface area (Å²) in [4.78, 5) is 11.9. The topological polar surface area (TPSA) is 43.1 Å². The third-order valence-electron chi connectivity index (χ3n) is 2.76. The van der Waals surface area contributed by atoms with Crippen LogP contribution >= 0.6 is 0 Å². The Labute approximate surface area is 91.5 Å². The molecule has 0 bridgehead atoms. The third kappa shape index (κ3) is 3.17. The van der Waals surface area contributed by atoms with Crippen molar-refractivity contribution < 1.29 is 4.79 Å². The van der Waals surface area contributed by atoms with Crippen molar-refractivity contribution in [1.82, 2.24) is 0 Å². The molecule has 0 fully saturated rings. The summed E-state index contributed by atoms with van der Waals surface area (Å²) in [5, 5.41) is 0. The average molecular weight is 205 g/mol. The van der Waals surface area contributed by atoms with E-state index in [9.17, 15) is 4.79 Å². The first-order valence-electron chi connectivity index (χ1n) is 5.46. The minimum atomic E-state index is 0.240. The molecule has 0 aromatic heterocycles. The second-order valence-electron chi connectivity index (χ2n) is 3.92. The van der Waals surface area contributed by atoms with Gasteiger partial charge in [0.2, 0.25) is 0 Å². The van der Waals surface area contributed by atoms with Gasteiger partial charge in [-0.25, -0.2) is 0 Å². The molecule has 15 heavy (non-hydrogen) atoms. The maximum atomic E-state index is 11.9. The molecular formula is C13H19NO. The minimum absolute atomic E-state index is 0.240. The van der Waals surface area contributed by atoms with E-state index in [2.05, 4.69) is 0 Å². The molecule has 0 spiro atoms. The number of aryl methyl sites for hydroxylation is 1. The zero-order chi connectivity index (χ0) is 11.3. The van der Waals surface area contributed by atoms with E-state index in [1.165, 1.54) is 5.56 Å². The molecule has 0 atom stereocenters. The minimum Gasteiger partial charge on any atom is -0.330 e. The van der Waals surface area contributed by atoms with Gasteiger partial charge in [0, 0.05) is 12.0 Å². The fourth-order valence-electron chi connectivity index (χ4n) is 1.62. The zero-order valence-electron chi connectivity index (χ0n) is 9.55. The van der Waals surface area contributed by atoms with Crippen LogP contribution in [-0.2, 0) is 0 Å². The van der Waals surface area contributed by atoms with Crippen LogP contribution in [0, 0.1) is 13.8 Å². The smallest absolute Gasteiger partial charge is 0.163 e. The van der Waals surface area contributed by atoms with Crippen molar-refractivity contribution in [3.05, 3.63) is 34.9 Å². The highest BCUT2D eigenvalue weighted by Gasteiger charge is 2.09. The predicted octanol–water partition coefficient (Wildman–Crippen LogP) is 2.62. The van der Waals surface area contributed by atoms with E-state index in [1.807, 2.05) is 32.0 Å². The summed E-state index contributed by atoms with van der Waals surface area (Å²) in [6.07, 6.45) is 2.43. The van der Waals surface area contributed by atoms with E-state index in [-0.39, 0.29) is 5.78 Å². The Balaban J connectivity index is 2.69. The van der Waals surface area contributed by atoms with Crippen molar-refractivity contribution in [3.63, 3.8) is 0 Å². The normalized spacial score (nSPS) is 10.3. The number of carbonyl (C=O) groups excluding carboxylic acids is 1. The van der Waals surface area contributed by atoms with Crippen molar-refractivity contribution in [2.24, 2.45) is 5.73 Å². The molecule has 0 aliphatic heterocycles. The van der Waals surface area contributed by atoms with Gasteiger partial charge in [-0.1, -0.05) is 18.2 Å². The van der Waals surface area contributed by atoms with Gasteiger partial charge in [-0.3, -0.25) is 4.79 Å². The van der Waals surface area contributed by atoms with Crippen LogP contribution in [0.15, 0.2) is 18.2 Å². The molecule has 0 aliphatic rings. The lowest BCUT2D eigenvalue weighted by Crippen LogP contribution is -2.05. The summed E-state index contributed by atoms with van der Waals surface area (Å²) in [6.45, 7) is 4.71. The highest BCUT2D eigenvalue weighted by Crippen LogP contribution is 2.15. The first kappa shape index (κ1) is 11.9. The Kier molecular flexibility index (Phi) is 4.50. The molecule has 0 heterocycles. The molecule has 0 radical (unpaired) electrons.